The molecule has 1 aliphatic rings. The fraction of sp³-hybridized carbons (Fsp3) is 0.273. The van der Waals surface area contributed by atoms with Crippen molar-refractivity contribution in [1.29, 1.82) is 0 Å². The van der Waals surface area contributed by atoms with E-state index in [4.69, 9.17) is 4.74 Å². The third kappa shape index (κ3) is 3.77. The van der Waals surface area contributed by atoms with Crippen LogP contribution in [0.4, 0.5) is 0 Å². The van der Waals surface area contributed by atoms with E-state index in [1.54, 1.807) is 24.3 Å². The number of ketones is 2. The Hall–Kier alpha value is -2.52. The molecule has 0 saturated heterocycles. The third-order valence-electron chi connectivity index (χ3n) is 4.62. The highest BCUT2D eigenvalue weighted by Gasteiger charge is 2.40. The standard InChI is InChI=1S/C22H22O3/c1-2-25-19-15-9-14-18(21(23)16-10-5-3-6-11-16)20(19)22(24)17-12-7-4-8-13-17/h3-13,15,18-20H,2,14H2,1H3/t18-,19?,20+/m1/s1. The monoisotopic (exact) mass is 334 g/mol. The summed E-state index contributed by atoms with van der Waals surface area (Å²) in [5.74, 6) is -0.932. The molecular formula is C22H22O3. The highest BCUT2D eigenvalue weighted by Crippen LogP contribution is 2.33. The molecule has 3 heteroatoms. The molecule has 0 spiro atoms. The summed E-state index contributed by atoms with van der Waals surface area (Å²) in [6, 6.07) is 18.4. The first-order valence-corrected chi connectivity index (χ1v) is 8.69. The largest absolute Gasteiger partial charge is 0.374 e. The molecule has 2 aromatic carbocycles. The van der Waals surface area contributed by atoms with Gasteiger partial charge >= 0.3 is 0 Å². The summed E-state index contributed by atoms with van der Waals surface area (Å²) >= 11 is 0. The number of rotatable bonds is 6. The van der Waals surface area contributed by atoms with Gasteiger partial charge in [-0.05, 0) is 13.3 Å². The molecule has 0 heterocycles. The van der Waals surface area contributed by atoms with E-state index < -0.39 is 11.8 Å². The zero-order valence-electron chi connectivity index (χ0n) is 14.3. The van der Waals surface area contributed by atoms with E-state index >= 15 is 0 Å². The average molecular weight is 334 g/mol. The molecule has 0 bridgehead atoms. The first kappa shape index (κ1) is 17.3. The van der Waals surface area contributed by atoms with Crippen molar-refractivity contribution in [2.24, 2.45) is 11.8 Å². The molecule has 1 aliphatic carbocycles. The van der Waals surface area contributed by atoms with Gasteiger partial charge in [0.25, 0.3) is 0 Å². The Bertz CT molecular complexity index is 749. The molecule has 3 rings (SSSR count). The third-order valence-corrected chi connectivity index (χ3v) is 4.62. The fourth-order valence-electron chi connectivity index (χ4n) is 3.42. The summed E-state index contributed by atoms with van der Waals surface area (Å²) in [7, 11) is 0. The Kier molecular flexibility index (Phi) is 5.56. The second-order valence-electron chi connectivity index (χ2n) is 6.18. The summed E-state index contributed by atoms with van der Waals surface area (Å²) in [5.41, 5.74) is 1.27. The van der Waals surface area contributed by atoms with Crippen LogP contribution in [0.2, 0.25) is 0 Å². The van der Waals surface area contributed by atoms with Gasteiger partial charge in [-0.25, -0.2) is 0 Å². The quantitative estimate of drug-likeness (QED) is 0.583. The van der Waals surface area contributed by atoms with Gasteiger partial charge in [-0.2, -0.15) is 0 Å². The van der Waals surface area contributed by atoms with E-state index in [1.807, 2.05) is 55.5 Å². The van der Waals surface area contributed by atoms with Gasteiger partial charge in [-0.1, -0.05) is 72.8 Å². The molecule has 0 aromatic heterocycles. The van der Waals surface area contributed by atoms with Crippen molar-refractivity contribution in [1.82, 2.24) is 0 Å². The Balaban J connectivity index is 1.96. The summed E-state index contributed by atoms with van der Waals surface area (Å²) in [6.45, 7) is 2.40. The number of Topliss-reactive ketones (excluding diaryl/α,β-unsaturated/α-hetero) is 2. The molecule has 128 valence electrons. The smallest absolute Gasteiger partial charge is 0.169 e. The van der Waals surface area contributed by atoms with Gasteiger partial charge < -0.3 is 4.74 Å². The Morgan fingerprint density at radius 1 is 0.920 bits per heavy atom. The average Bonchev–Trinajstić information content (AvgIpc) is 2.68. The molecule has 2 aromatic rings. The number of carbonyl (C=O) groups excluding carboxylic acids is 2. The summed E-state index contributed by atoms with van der Waals surface area (Å²) in [4.78, 5) is 26.2. The van der Waals surface area contributed by atoms with Gasteiger partial charge in [0, 0.05) is 23.7 Å². The lowest BCUT2D eigenvalue weighted by Gasteiger charge is -2.33. The molecule has 0 amide bonds. The Labute approximate surface area is 148 Å². The molecule has 0 fully saturated rings. The van der Waals surface area contributed by atoms with Gasteiger partial charge in [-0.3, -0.25) is 9.59 Å². The zero-order chi connectivity index (χ0) is 17.6. The number of benzene rings is 2. The first-order valence-electron chi connectivity index (χ1n) is 8.69. The van der Waals surface area contributed by atoms with E-state index in [-0.39, 0.29) is 17.7 Å². The van der Waals surface area contributed by atoms with Crippen molar-refractivity contribution in [3.05, 3.63) is 83.9 Å². The lowest BCUT2D eigenvalue weighted by atomic mass is 9.73. The van der Waals surface area contributed by atoms with Crippen LogP contribution in [-0.4, -0.2) is 24.3 Å². The molecule has 25 heavy (non-hydrogen) atoms. The van der Waals surface area contributed by atoms with Crippen molar-refractivity contribution >= 4 is 11.6 Å². The van der Waals surface area contributed by atoms with Crippen LogP contribution in [0.15, 0.2) is 72.8 Å². The van der Waals surface area contributed by atoms with Gasteiger partial charge in [0.1, 0.15) is 0 Å². The van der Waals surface area contributed by atoms with Gasteiger partial charge in [-0.15, -0.1) is 0 Å². The minimum absolute atomic E-state index is 0.00364. The summed E-state index contributed by atoms with van der Waals surface area (Å²) in [5, 5.41) is 0. The maximum Gasteiger partial charge on any atom is 0.169 e. The lowest BCUT2D eigenvalue weighted by Crippen LogP contribution is -2.41. The number of ether oxygens (including phenoxy) is 1. The van der Waals surface area contributed by atoms with Gasteiger partial charge in [0.15, 0.2) is 11.6 Å². The maximum absolute atomic E-state index is 13.2. The van der Waals surface area contributed by atoms with Crippen LogP contribution in [0.5, 0.6) is 0 Å². The van der Waals surface area contributed by atoms with Crippen LogP contribution in [0.1, 0.15) is 34.1 Å². The molecule has 0 saturated carbocycles. The predicted octanol–water partition coefficient (Wildman–Crippen LogP) is 4.35. The highest BCUT2D eigenvalue weighted by molar-refractivity contribution is 6.05. The van der Waals surface area contributed by atoms with Crippen molar-refractivity contribution in [3.8, 4) is 0 Å². The molecule has 1 unspecified atom stereocenters. The van der Waals surface area contributed by atoms with E-state index in [2.05, 4.69) is 0 Å². The normalized spacial score (nSPS) is 22.5. The van der Waals surface area contributed by atoms with E-state index in [0.717, 1.165) is 0 Å². The predicted molar refractivity (Wildman–Crippen MR) is 97.7 cm³/mol. The Morgan fingerprint density at radius 3 is 2.04 bits per heavy atom. The SMILES string of the molecule is CCOC1C=CC[C@@H](C(=O)c2ccccc2)[C@@H]1C(=O)c1ccccc1. The Morgan fingerprint density at radius 2 is 1.48 bits per heavy atom. The van der Waals surface area contributed by atoms with Crippen LogP contribution >= 0.6 is 0 Å². The number of carbonyl (C=O) groups is 2. The molecule has 0 aliphatic heterocycles. The van der Waals surface area contributed by atoms with Crippen molar-refractivity contribution in [2.75, 3.05) is 6.61 Å². The lowest BCUT2D eigenvalue weighted by molar-refractivity contribution is 0.0245. The molecule has 0 N–H and O–H groups in total. The molecular weight excluding hydrogens is 312 g/mol. The number of allylic oxidation sites excluding steroid dienone is 1. The minimum Gasteiger partial charge on any atom is -0.374 e. The first-order chi connectivity index (χ1) is 12.2. The van der Waals surface area contributed by atoms with Crippen LogP contribution < -0.4 is 0 Å². The van der Waals surface area contributed by atoms with Gasteiger partial charge in [0.2, 0.25) is 0 Å². The summed E-state index contributed by atoms with van der Waals surface area (Å²) in [6.07, 6.45) is 4.06. The van der Waals surface area contributed by atoms with Crippen LogP contribution in [0.25, 0.3) is 0 Å². The number of hydrogen-bond donors (Lipinski definition) is 0. The van der Waals surface area contributed by atoms with Crippen molar-refractivity contribution in [3.63, 3.8) is 0 Å². The fourth-order valence-corrected chi connectivity index (χ4v) is 3.42. The van der Waals surface area contributed by atoms with Crippen molar-refractivity contribution in [2.45, 2.75) is 19.4 Å². The van der Waals surface area contributed by atoms with Gasteiger partial charge in [0.05, 0.1) is 12.0 Å². The second kappa shape index (κ2) is 8.04. The van der Waals surface area contributed by atoms with E-state index in [0.29, 0.717) is 24.2 Å². The molecule has 0 radical (unpaired) electrons. The highest BCUT2D eigenvalue weighted by atomic mass is 16.5. The van der Waals surface area contributed by atoms with Crippen molar-refractivity contribution < 1.29 is 14.3 Å². The van der Waals surface area contributed by atoms with Crippen LogP contribution in [0.3, 0.4) is 0 Å². The van der Waals surface area contributed by atoms with Crippen LogP contribution in [-0.2, 0) is 4.74 Å². The topological polar surface area (TPSA) is 43.4 Å². The summed E-state index contributed by atoms with van der Waals surface area (Å²) < 4.78 is 5.79. The zero-order valence-corrected chi connectivity index (χ0v) is 14.3. The van der Waals surface area contributed by atoms with E-state index in [9.17, 15) is 9.59 Å². The minimum atomic E-state index is -0.500. The molecule has 3 nitrogen and oxygen atoms in total. The molecule has 3 atom stereocenters. The number of hydrogen-bond acceptors (Lipinski definition) is 3. The second-order valence-corrected chi connectivity index (χ2v) is 6.18. The van der Waals surface area contributed by atoms with Crippen LogP contribution in [0, 0.1) is 11.8 Å². The maximum atomic E-state index is 13.2. The van der Waals surface area contributed by atoms with E-state index in [1.165, 1.54) is 0 Å².